The van der Waals surface area contributed by atoms with Gasteiger partial charge < -0.3 is 29.2 Å². The highest BCUT2D eigenvalue weighted by atomic mass is 16.6. The molecule has 2 amide bonds. The minimum atomic E-state index is -0.518. The van der Waals surface area contributed by atoms with Crippen molar-refractivity contribution in [3.8, 4) is 23.0 Å². The molecule has 3 aliphatic heterocycles. The smallest absolute Gasteiger partial charge is 0.254 e. The maximum atomic E-state index is 13.6. The molecule has 0 radical (unpaired) electrons. The van der Waals surface area contributed by atoms with E-state index in [1.807, 2.05) is 4.90 Å². The van der Waals surface area contributed by atoms with Gasteiger partial charge in [0, 0.05) is 29.9 Å². The van der Waals surface area contributed by atoms with E-state index in [9.17, 15) is 9.59 Å². The average Bonchev–Trinajstić information content (AvgIpc) is 2.83. The number of carbonyl (C=O) groups excluding carboxylic acids is 2. The van der Waals surface area contributed by atoms with Gasteiger partial charge in [0.2, 0.25) is 5.91 Å². The van der Waals surface area contributed by atoms with Crippen LogP contribution in [0.1, 0.15) is 41.1 Å². The number of rotatable bonds is 4. The minimum Gasteiger partial charge on any atom is -0.493 e. The van der Waals surface area contributed by atoms with Crippen molar-refractivity contribution in [2.24, 2.45) is 0 Å². The Morgan fingerprint density at radius 3 is 2.56 bits per heavy atom. The Hall–Kier alpha value is -3.42. The summed E-state index contributed by atoms with van der Waals surface area (Å²) >= 11 is 0. The predicted molar refractivity (Wildman–Crippen MR) is 117 cm³/mol. The molecule has 2 atom stereocenters. The number of hydrogen-bond donors (Lipinski definition) is 1. The second-order valence-electron chi connectivity index (χ2n) is 8.18. The zero-order valence-electron chi connectivity index (χ0n) is 18.2. The Bertz CT molecular complexity index is 1070. The number of anilines is 1. The molecular weight excluding hydrogens is 412 g/mol. The fourth-order valence-electron chi connectivity index (χ4n) is 4.91. The lowest BCUT2D eigenvalue weighted by atomic mass is 9.78. The van der Waals surface area contributed by atoms with Crippen LogP contribution in [0.15, 0.2) is 30.3 Å². The van der Waals surface area contributed by atoms with E-state index in [0.717, 1.165) is 19.3 Å². The number of carbonyl (C=O) groups is 2. The topological polar surface area (TPSA) is 86.3 Å². The van der Waals surface area contributed by atoms with Crippen molar-refractivity contribution in [2.75, 3.05) is 39.3 Å². The van der Waals surface area contributed by atoms with Crippen molar-refractivity contribution in [2.45, 2.75) is 31.2 Å². The van der Waals surface area contributed by atoms with Crippen LogP contribution in [0.3, 0.4) is 0 Å². The van der Waals surface area contributed by atoms with E-state index in [1.54, 1.807) is 37.4 Å². The third-order valence-electron chi connectivity index (χ3n) is 6.41. The number of hydrogen-bond acceptors (Lipinski definition) is 6. The Balaban J connectivity index is 1.53. The first-order chi connectivity index (χ1) is 15.6. The molecule has 2 aromatic carbocycles. The highest BCUT2D eigenvalue weighted by Gasteiger charge is 2.45. The number of amides is 2. The van der Waals surface area contributed by atoms with Crippen LogP contribution in [0.2, 0.25) is 0 Å². The third kappa shape index (κ3) is 3.39. The van der Waals surface area contributed by atoms with Crippen LogP contribution >= 0.6 is 0 Å². The maximum absolute atomic E-state index is 13.6. The third-order valence-corrected chi connectivity index (χ3v) is 6.41. The second-order valence-corrected chi connectivity index (χ2v) is 8.18. The van der Waals surface area contributed by atoms with Crippen LogP contribution in [0.5, 0.6) is 23.0 Å². The van der Waals surface area contributed by atoms with Crippen molar-refractivity contribution in [3.05, 3.63) is 41.5 Å². The van der Waals surface area contributed by atoms with Gasteiger partial charge in [0.05, 0.1) is 20.1 Å². The lowest BCUT2D eigenvalue weighted by molar-refractivity contribution is -0.119. The number of methoxy groups -OCH3 is 2. The largest absolute Gasteiger partial charge is 0.493 e. The molecule has 0 aliphatic carbocycles. The van der Waals surface area contributed by atoms with Crippen molar-refractivity contribution >= 4 is 17.5 Å². The molecule has 0 bridgehead atoms. The summed E-state index contributed by atoms with van der Waals surface area (Å²) in [5, 5.41) is 3.03. The molecule has 0 unspecified atom stereocenters. The van der Waals surface area contributed by atoms with Gasteiger partial charge in [-0.1, -0.05) is 0 Å². The summed E-state index contributed by atoms with van der Waals surface area (Å²) in [6.45, 7) is 1.63. The number of benzene rings is 2. The van der Waals surface area contributed by atoms with Crippen LogP contribution in [-0.4, -0.2) is 56.7 Å². The van der Waals surface area contributed by atoms with Crippen molar-refractivity contribution < 1.29 is 28.5 Å². The van der Waals surface area contributed by atoms with Crippen LogP contribution in [-0.2, 0) is 4.79 Å². The highest BCUT2D eigenvalue weighted by Crippen LogP contribution is 2.43. The molecule has 3 aliphatic rings. The van der Waals surface area contributed by atoms with Gasteiger partial charge in [-0.3, -0.25) is 9.59 Å². The first-order valence-electron chi connectivity index (χ1n) is 10.9. The summed E-state index contributed by atoms with van der Waals surface area (Å²) in [6.07, 6.45) is 2.69. The molecule has 0 spiro atoms. The van der Waals surface area contributed by atoms with Crippen LogP contribution < -0.4 is 24.3 Å². The van der Waals surface area contributed by atoms with Crippen LogP contribution in [0.25, 0.3) is 0 Å². The summed E-state index contributed by atoms with van der Waals surface area (Å²) < 4.78 is 22.1. The molecule has 32 heavy (non-hydrogen) atoms. The van der Waals surface area contributed by atoms with Gasteiger partial charge in [0.15, 0.2) is 23.0 Å². The van der Waals surface area contributed by atoms with Crippen molar-refractivity contribution in [1.82, 2.24) is 4.90 Å². The van der Waals surface area contributed by atoms with Gasteiger partial charge in [-0.05, 0) is 49.1 Å². The van der Waals surface area contributed by atoms with E-state index >= 15 is 0 Å². The van der Waals surface area contributed by atoms with E-state index in [2.05, 4.69) is 5.32 Å². The second kappa shape index (κ2) is 8.26. The van der Waals surface area contributed by atoms with Gasteiger partial charge in [-0.15, -0.1) is 0 Å². The molecule has 0 saturated carbocycles. The van der Waals surface area contributed by atoms with E-state index < -0.39 is 5.92 Å². The summed E-state index contributed by atoms with van der Waals surface area (Å²) in [5.41, 5.74) is 1.79. The molecule has 1 saturated heterocycles. The van der Waals surface area contributed by atoms with E-state index in [-0.39, 0.29) is 17.9 Å². The zero-order chi connectivity index (χ0) is 22.2. The summed E-state index contributed by atoms with van der Waals surface area (Å²) in [4.78, 5) is 28.7. The predicted octanol–water partition coefficient (Wildman–Crippen LogP) is 3.21. The van der Waals surface area contributed by atoms with Crippen molar-refractivity contribution in [3.63, 3.8) is 0 Å². The van der Waals surface area contributed by atoms with E-state index in [0.29, 0.717) is 59.6 Å². The molecule has 0 aromatic heterocycles. The van der Waals surface area contributed by atoms with Gasteiger partial charge in [0.25, 0.3) is 5.91 Å². The number of nitrogens with one attached hydrogen (secondary N) is 1. The minimum absolute atomic E-state index is 0.0611. The molecule has 8 heteroatoms. The summed E-state index contributed by atoms with van der Waals surface area (Å²) in [7, 11) is 3.08. The molecule has 1 N–H and O–H groups in total. The van der Waals surface area contributed by atoms with E-state index in [1.165, 1.54) is 7.11 Å². The Morgan fingerprint density at radius 2 is 1.78 bits per heavy atom. The first kappa shape index (κ1) is 20.5. The number of nitrogens with zero attached hydrogens (tertiary/aromatic N) is 1. The summed E-state index contributed by atoms with van der Waals surface area (Å²) in [5.74, 6) is 1.50. The molecule has 1 fully saturated rings. The Labute approximate surface area is 186 Å². The van der Waals surface area contributed by atoms with Gasteiger partial charge in [-0.2, -0.15) is 0 Å². The lowest BCUT2D eigenvalue weighted by Crippen LogP contribution is -2.53. The van der Waals surface area contributed by atoms with Crippen LogP contribution in [0, 0.1) is 0 Å². The zero-order valence-corrected chi connectivity index (χ0v) is 18.2. The maximum Gasteiger partial charge on any atom is 0.254 e. The van der Waals surface area contributed by atoms with Crippen LogP contribution in [0.4, 0.5) is 5.69 Å². The van der Waals surface area contributed by atoms with Gasteiger partial charge in [0.1, 0.15) is 13.2 Å². The summed E-state index contributed by atoms with van der Waals surface area (Å²) in [6, 6.07) is 8.63. The average molecular weight is 438 g/mol. The molecular formula is C24H26N2O6. The lowest BCUT2D eigenvalue weighted by Gasteiger charge is -2.44. The molecule has 168 valence electrons. The molecule has 3 heterocycles. The fraction of sp³-hybridized carbons (Fsp3) is 0.417. The van der Waals surface area contributed by atoms with Gasteiger partial charge >= 0.3 is 0 Å². The highest BCUT2D eigenvalue weighted by molar-refractivity contribution is 6.05. The fourth-order valence-corrected chi connectivity index (χ4v) is 4.91. The number of ether oxygens (including phenoxy) is 4. The van der Waals surface area contributed by atoms with Crippen molar-refractivity contribution in [1.29, 1.82) is 0 Å². The normalized spacial score (nSPS) is 21.3. The van der Waals surface area contributed by atoms with E-state index in [4.69, 9.17) is 18.9 Å². The van der Waals surface area contributed by atoms with Gasteiger partial charge in [-0.25, -0.2) is 0 Å². The molecule has 8 nitrogen and oxygen atoms in total. The Morgan fingerprint density at radius 1 is 1.03 bits per heavy atom. The monoisotopic (exact) mass is 438 g/mol. The molecule has 5 rings (SSSR count). The quantitative estimate of drug-likeness (QED) is 0.789. The number of piperidine rings is 1. The first-order valence-corrected chi connectivity index (χ1v) is 10.9. The molecule has 2 aromatic rings. The SMILES string of the molecule is COc1cc2c(cc1OC)[C@@H](C(=O)Nc1ccc3c(c1)OCCO3)[C@@H]1CCCCN1C2=O. The number of fused-ring (bicyclic) bond motifs is 3. The standard InChI is InChI=1S/C24H26N2O6/c1-29-19-12-15-16(13-20(19)30-2)24(28)26-8-4-3-5-17(26)22(15)23(27)25-14-6-7-18-21(11-14)32-10-9-31-18/h6-7,11-13,17,22H,3-5,8-10H2,1-2H3,(H,25,27)/t17-,22+/m0/s1. The Kier molecular flexibility index (Phi) is 5.28.